The standard InChI is InChI=1S/C21H30N2O3S/c1-17(2)14-23(20-10-13-27(25,26)16-20)21(24)15-22-11-8-19(9-12-22)18-6-4-3-5-7-18/h3-8,17,20H,9-16H2,1-2H3/p+1/t20-/m0/s1. The van der Waals surface area contributed by atoms with Gasteiger partial charge in [0.1, 0.15) is 0 Å². The van der Waals surface area contributed by atoms with Crippen molar-refractivity contribution >= 4 is 21.3 Å². The summed E-state index contributed by atoms with van der Waals surface area (Å²) in [4.78, 5) is 16.1. The SMILES string of the molecule is CC(C)CN(C(=O)C[NH+]1CC=C(c2ccccc2)CC1)[C@H]1CCS(=O)(=O)C1. The van der Waals surface area contributed by atoms with Gasteiger partial charge in [0.15, 0.2) is 16.4 Å². The van der Waals surface area contributed by atoms with Crippen molar-refractivity contribution < 1.29 is 18.1 Å². The van der Waals surface area contributed by atoms with Crippen molar-refractivity contribution in [3.8, 4) is 0 Å². The molecule has 6 heteroatoms. The molecule has 3 rings (SSSR count). The second-order valence-corrected chi connectivity index (χ2v) is 10.5. The second-order valence-electron chi connectivity index (χ2n) is 8.22. The van der Waals surface area contributed by atoms with Crippen LogP contribution in [0.3, 0.4) is 0 Å². The molecule has 0 aromatic heterocycles. The monoisotopic (exact) mass is 391 g/mol. The third kappa shape index (κ3) is 5.42. The summed E-state index contributed by atoms with van der Waals surface area (Å²) in [6.07, 6.45) is 3.79. The van der Waals surface area contributed by atoms with Crippen LogP contribution in [-0.4, -0.2) is 63.0 Å². The number of rotatable bonds is 6. The highest BCUT2D eigenvalue weighted by Gasteiger charge is 2.36. The Labute approximate surface area is 163 Å². The second kappa shape index (κ2) is 8.57. The van der Waals surface area contributed by atoms with Crippen LogP contribution in [0.4, 0.5) is 0 Å². The Morgan fingerprint density at radius 3 is 2.56 bits per heavy atom. The van der Waals surface area contributed by atoms with Gasteiger partial charge in [-0.2, -0.15) is 0 Å². The first-order valence-electron chi connectivity index (χ1n) is 9.92. The molecule has 0 saturated carbocycles. The molecule has 2 aliphatic heterocycles. The fraction of sp³-hybridized carbons (Fsp3) is 0.571. The van der Waals surface area contributed by atoms with Crippen LogP contribution in [0.25, 0.3) is 5.57 Å². The van der Waals surface area contributed by atoms with E-state index in [9.17, 15) is 13.2 Å². The summed E-state index contributed by atoms with van der Waals surface area (Å²) >= 11 is 0. The molecule has 1 fully saturated rings. The summed E-state index contributed by atoms with van der Waals surface area (Å²) in [6, 6.07) is 10.2. The average molecular weight is 392 g/mol. The fourth-order valence-electron chi connectivity index (χ4n) is 4.04. The van der Waals surface area contributed by atoms with E-state index in [1.54, 1.807) is 0 Å². The van der Waals surface area contributed by atoms with E-state index >= 15 is 0 Å². The molecule has 0 radical (unpaired) electrons. The van der Waals surface area contributed by atoms with Crippen LogP contribution in [0.1, 0.15) is 32.3 Å². The van der Waals surface area contributed by atoms with Gasteiger partial charge in [-0.1, -0.05) is 44.2 Å². The van der Waals surface area contributed by atoms with E-state index in [4.69, 9.17) is 0 Å². The number of nitrogens with zero attached hydrogens (tertiary/aromatic N) is 1. The van der Waals surface area contributed by atoms with Crippen LogP contribution < -0.4 is 4.90 Å². The van der Waals surface area contributed by atoms with Crippen LogP contribution in [-0.2, 0) is 14.6 Å². The first kappa shape index (κ1) is 20.1. The van der Waals surface area contributed by atoms with E-state index in [0.717, 1.165) is 19.5 Å². The Balaban J connectivity index is 1.62. The Bertz CT molecular complexity index is 787. The number of amides is 1. The molecular formula is C21H31N2O3S+. The lowest BCUT2D eigenvalue weighted by Gasteiger charge is -2.32. The molecule has 0 bridgehead atoms. The molecule has 1 N–H and O–H groups in total. The van der Waals surface area contributed by atoms with Gasteiger partial charge in [0.05, 0.1) is 24.6 Å². The minimum absolute atomic E-state index is 0.0948. The molecule has 1 aromatic rings. The van der Waals surface area contributed by atoms with Crippen LogP contribution in [0.2, 0.25) is 0 Å². The van der Waals surface area contributed by atoms with Crippen LogP contribution in [0.5, 0.6) is 0 Å². The number of quaternary nitrogens is 1. The summed E-state index contributed by atoms with van der Waals surface area (Å²) in [5, 5.41) is 0. The normalized spacial score (nSPS) is 24.6. The first-order chi connectivity index (χ1) is 12.8. The zero-order chi connectivity index (χ0) is 19.4. The van der Waals surface area contributed by atoms with Crippen molar-refractivity contribution in [2.24, 2.45) is 5.92 Å². The maximum Gasteiger partial charge on any atom is 0.278 e. The van der Waals surface area contributed by atoms with Gasteiger partial charge in [-0.05, 0) is 29.6 Å². The lowest BCUT2D eigenvalue weighted by Crippen LogP contribution is -3.13. The van der Waals surface area contributed by atoms with E-state index in [1.807, 2.05) is 11.0 Å². The predicted octanol–water partition coefficient (Wildman–Crippen LogP) is 1.03. The van der Waals surface area contributed by atoms with E-state index in [1.165, 1.54) is 16.0 Å². The number of benzene rings is 1. The molecule has 27 heavy (non-hydrogen) atoms. The van der Waals surface area contributed by atoms with Crippen molar-refractivity contribution in [1.29, 1.82) is 0 Å². The average Bonchev–Trinajstić information content (AvgIpc) is 3.00. The smallest absolute Gasteiger partial charge is 0.278 e. The highest BCUT2D eigenvalue weighted by Crippen LogP contribution is 2.20. The van der Waals surface area contributed by atoms with Crippen molar-refractivity contribution in [1.82, 2.24) is 4.90 Å². The zero-order valence-corrected chi connectivity index (χ0v) is 17.2. The number of carbonyl (C=O) groups is 1. The fourth-order valence-corrected chi connectivity index (χ4v) is 5.77. The van der Waals surface area contributed by atoms with Gasteiger partial charge < -0.3 is 9.80 Å². The van der Waals surface area contributed by atoms with Gasteiger partial charge in [0.25, 0.3) is 5.91 Å². The summed E-state index contributed by atoms with van der Waals surface area (Å²) in [5.74, 6) is 0.758. The van der Waals surface area contributed by atoms with Gasteiger partial charge in [-0.3, -0.25) is 4.79 Å². The Kier molecular flexibility index (Phi) is 6.37. The van der Waals surface area contributed by atoms with E-state index in [2.05, 4.69) is 44.2 Å². The van der Waals surface area contributed by atoms with Crippen molar-refractivity contribution in [2.45, 2.75) is 32.7 Å². The topological polar surface area (TPSA) is 58.9 Å². The first-order valence-corrected chi connectivity index (χ1v) is 11.7. The van der Waals surface area contributed by atoms with E-state index in [0.29, 0.717) is 25.4 Å². The minimum Gasteiger partial charge on any atom is -0.334 e. The Hall–Kier alpha value is -1.66. The maximum atomic E-state index is 13.0. The number of sulfone groups is 1. The summed E-state index contributed by atoms with van der Waals surface area (Å²) in [7, 11) is -2.99. The number of hydrogen-bond acceptors (Lipinski definition) is 3. The summed E-state index contributed by atoms with van der Waals surface area (Å²) in [6.45, 7) is 7.01. The van der Waals surface area contributed by atoms with Gasteiger partial charge in [-0.25, -0.2) is 8.42 Å². The van der Waals surface area contributed by atoms with E-state index < -0.39 is 9.84 Å². The van der Waals surface area contributed by atoms with Gasteiger partial charge in [0, 0.05) is 19.0 Å². The zero-order valence-electron chi connectivity index (χ0n) is 16.4. The largest absolute Gasteiger partial charge is 0.334 e. The van der Waals surface area contributed by atoms with Crippen LogP contribution in [0, 0.1) is 5.92 Å². The number of nitrogens with one attached hydrogen (secondary N) is 1. The molecule has 0 aliphatic carbocycles. The van der Waals surface area contributed by atoms with Gasteiger partial charge in [0.2, 0.25) is 0 Å². The van der Waals surface area contributed by atoms with Crippen molar-refractivity contribution in [3.63, 3.8) is 0 Å². The third-order valence-corrected chi connectivity index (χ3v) is 7.21. The Morgan fingerprint density at radius 1 is 1.26 bits per heavy atom. The highest BCUT2D eigenvalue weighted by molar-refractivity contribution is 7.91. The summed E-state index contributed by atoms with van der Waals surface area (Å²) < 4.78 is 23.7. The number of carbonyl (C=O) groups excluding carboxylic acids is 1. The Morgan fingerprint density at radius 2 is 2.00 bits per heavy atom. The summed E-state index contributed by atoms with van der Waals surface area (Å²) in [5.41, 5.74) is 2.62. The highest BCUT2D eigenvalue weighted by atomic mass is 32.2. The lowest BCUT2D eigenvalue weighted by molar-refractivity contribution is -0.887. The molecule has 0 spiro atoms. The molecule has 148 valence electrons. The molecule has 1 saturated heterocycles. The number of hydrogen-bond donors (Lipinski definition) is 1. The molecular weight excluding hydrogens is 360 g/mol. The maximum absolute atomic E-state index is 13.0. The van der Waals surface area contributed by atoms with Gasteiger partial charge in [-0.15, -0.1) is 0 Å². The van der Waals surface area contributed by atoms with Crippen LogP contribution >= 0.6 is 0 Å². The van der Waals surface area contributed by atoms with Crippen LogP contribution in [0.15, 0.2) is 36.4 Å². The molecule has 2 aliphatic rings. The minimum atomic E-state index is -2.99. The molecule has 2 heterocycles. The van der Waals surface area contributed by atoms with Crippen molar-refractivity contribution in [3.05, 3.63) is 42.0 Å². The van der Waals surface area contributed by atoms with E-state index in [-0.39, 0.29) is 23.5 Å². The molecule has 5 nitrogen and oxygen atoms in total. The van der Waals surface area contributed by atoms with Crippen molar-refractivity contribution in [2.75, 3.05) is 37.7 Å². The predicted molar refractivity (Wildman–Crippen MR) is 108 cm³/mol. The van der Waals surface area contributed by atoms with Gasteiger partial charge >= 0.3 is 0 Å². The third-order valence-electron chi connectivity index (χ3n) is 5.46. The molecule has 1 unspecified atom stereocenters. The molecule has 2 atom stereocenters. The lowest BCUT2D eigenvalue weighted by atomic mass is 9.99. The quantitative estimate of drug-likeness (QED) is 0.788. The molecule has 1 aromatic carbocycles. The molecule has 1 amide bonds.